The molecular formula is C24H24N4O3. The van der Waals surface area contributed by atoms with Crippen LogP contribution in [0.4, 0.5) is 5.69 Å². The molecule has 3 aromatic rings. The van der Waals surface area contributed by atoms with E-state index in [4.69, 9.17) is 10.5 Å². The number of anilines is 1. The predicted octanol–water partition coefficient (Wildman–Crippen LogP) is 3.58. The summed E-state index contributed by atoms with van der Waals surface area (Å²) in [6, 6.07) is 19.9. The summed E-state index contributed by atoms with van der Waals surface area (Å²) < 4.78 is 5.79. The summed E-state index contributed by atoms with van der Waals surface area (Å²) in [5.41, 5.74) is 7.51. The van der Waals surface area contributed by atoms with E-state index in [0.717, 1.165) is 24.9 Å². The monoisotopic (exact) mass is 416 g/mol. The maximum atomic E-state index is 12.9. The van der Waals surface area contributed by atoms with Crippen molar-refractivity contribution in [3.05, 3.63) is 84.1 Å². The molecule has 1 saturated heterocycles. The first-order chi connectivity index (χ1) is 15.1. The van der Waals surface area contributed by atoms with Gasteiger partial charge in [0.2, 0.25) is 11.8 Å². The van der Waals surface area contributed by atoms with Gasteiger partial charge in [0.25, 0.3) is 5.91 Å². The van der Waals surface area contributed by atoms with Crippen LogP contribution >= 0.6 is 0 Å². The molecule has 7 nitrogen and oxygen atoms in total. The fourth-order valence-corrected chi connectivity index (χ4v) is 3.76. The zero-order chi connectivity index (χ0) is 21.6. The number of pyridine rings is 1. The molecule has 0 radical (unpaired) electrons. The number of carbonyl (C=O) groups excluding carboxylic acids is 2. The highest BCUT2D eigenvalue weighted by atomic mass is 16.5. The van der Waals surface area contributed by atoms with Gasteiger partial charge in [-0.2, -0.15) is 0 Å². The Morgan fingerprint density at radius 1 is 1.10 bits per heavy atom. The quantitative estimate of drug-likeness (QED) is 0.614. The van der Waals surface area contributed by atoms with Crippen LogP contribution < -0.4 is 15.8 Å². The number of ether oxygens (including phenoxy) is 1. The standard InChI is InChI=1S/C24H24N4O3/c25-22(29)21-12-6-14-28(21)16-17-7-4-8-18(15-17)27-23(30)20-11-5-13-26-24(20)31-19-9-2-1-3-10-19/h1-5,7-11,13,15,21H,6,12,14,16H2,(H2,25,29)(H,27,30). The van der Waals surface area contributed by atoms with Crippen molar-refractivity contribution >= 4 is 17.5 Å². The molecule has 7 heteroatoms. The van der Waals surface area contributed by atoms with Crippen molar-refractivity contribution in [1.29, 1.82) is 0 Å². The number of rotatable bonds is 7. The van der Waals surface area contributed by atoms with Gasteiger partial charge in [0.05, 0.1) is 6.04 Å². The minimum absolute atomic E-state index is 0.230. The van der Waals surface area contributed by atoms with E-state index >= 15 is 0 Å². The Bertz CT molecular complexity index is 1070. The lowest BCUT2D eigenvalue weighted by Crippen LogP contribution is -2.39. The van der Waals surface area contributed by atoms with Gasteiger partial charge in [0.1, 0.15) is 11.3 Å². The second-order valence-corrected chi connectivity index (χ2v) is 7.46. The second-order valence-electron chi connectivity index (χ2n) is 7.46. The van der Waals surface area contributed by atoms with Gasteiger partial charge in [0.15, 0.2) is 0 Å². The lowest BCUT2D eigenvalue weighted by atomic mass is 10.1. The molecule has 31 heavy (non-hydrogen) atoms. The van der Waals surface area contributed by atoms with Crippen LogP contribution in [0.2, 0.25) is 0 Å². The van der Waals surface area contributed by atoms with E-state index in [1.807, 2.05) is 42.5 Å². The molecule has 2 aromatic carbocycles. The maximum absolute atomic E-state index is 12.9. The zero-order valence-corrected chi connectivity index (χ0v) is 17.0. The topological polar surface area (TPSA) is 97.6 Å². The fourth-order valence-electron chi connectivity index (χ4n) is 3.76. The maximum Gasteiger partial charge on any atom is 0.261 e. The largest absolute Gasteiger partial charge is 0.438 e. The van der Waals surface area contributed by atoms with Gasteiger partial charge in [0, 0.05) is 18.4 Å². The van der Waals surface area contributed by atoms with Crippen LogP contribution in [0, 0.1) is 0 Å². The van der Waals surface area contributed by atoms with E-state index in [-0.39, 0.29) is 23.7 Å². The van der Waals surface area contributed by atoms with Crippen molar-refractivity contribution in [3.63, 3.8) is 0 Å². The van der Waals surface area contributed by atoms with E-state index in [0.29, 0.717) is 23.5 Å². The molecule has 3 N–H and O–H groups in total. The molecule has 0 aliphatic carbocycles. The molecule has 4 rings (SSSR count). The van der Waals surface area contributed by atoms with Crippen LogP contribution in [-0.2, 0) is 11.3 Å². The molecule has 2 heterocycles. The number of carbonyl (C=O) groups is 2. The molecule has 1 aliphatic heterocycles. The van der Waals surface area contributed by atoms with Gasteiger partial charge >= 0.3 is 0 Å². The van der Waals surface area contributed by atoms with E-state index in [1.54, 1.807) is 30.5 Å². The minimum Gasteiger partial charge on any atom is -0.438 e. The van der Waals surface area contributed by atoms with Crippen LogP contribution in [0.1, 0.15) is 28.8 Å². The Morgan fingerprint density at radius 2 is 1.94 bits per heavy atom. The highest BCUT2D eigenvalue weighted by Gasteiger charge is 2.28. The summed E-state index contributed by atoms with van der Waals surface area (Å²) in [4.78, 5) is 30.9. The fraction of sp³-hybridized carbons (Fsp3) is 0.208. The molecule has 1 aromatic heterocycles. The third-order valence-electron chi connectivity index (χ3n) is 5.24. The van der Waals surface area contributed by atoms with Crippen molar-refractivity contribution in [1.82, 2.24) is 9.88 Å². The Morgan fingerprint density at radius 3 is 2.74 bits per heavy atom. The Balaban J connectivity index is 1.47. The molecule has 1 atom stereocenters. The summed E-state index contributed by atoms with van der Waals surface area (Å²) in [7, 11) is 0. The molecule has 1 fully saturated rings. The van der Waals surface area contributed by atoms with Gasteiger partial charge in [-0.25, -0.2) is 4.98 Å². The van der Waals surface area contributed by atoms with Crippen molar-refractivity contribution in [2.75, 3.05) is 11.9 Å². The average Bonchev–Trinajstić information content (AvgIpc) is 3.23. The summed E-state index contributed by atoms with van der Waals surface area (Å²) >= 11 is 0. The summed E-state index contributed by atoms with van der Waals surface area (Å²) in [5.74, 6) is 0.243. The lowest BCUT2D eigenvalue weighted by molar-refractivity contribution is -0.122. The first-order valence-corrected chi connectivity index (χ1v) is 10.2. The molecule has 0 saturated carbocycles. The summed E-state index contributed by atoms with van der Waals surface area (Å²) in [6.07, 6.45) is 3.33. The van der Waals surface area contributed by atoms with E-state index in [9.17, 15) is 9.59 Å². The second kappa shape index (κ2) is 9.40. The zero-order valence-electron chi connectivity index (χ0n) is 17.0. The van der Waals surface area contributed by atoms with Crippen LogP contribution in [-0.4, -0.2) is 34.3 Å². The van der Waals surface area contributed by atoms with Crippen molar-refractivity contribution < 1.29 is 14.3 Å². The third-order valence-corrected chi connectivity index (χ3v) is 5.24. The molecule has 0 spiro atoms. The number of benzene rings is 2. The predicted molar refractivity (Wildman–Crippen MR) is 118 cm³/mol. The highest BCUT2D eigenvalue weighted by molar-refractivity contribution is 6.05. The van der Waals surface area contributed by atoms with Gasteiger partial charge in [-0.3, -0.25) is 14.5 Å². The molecule has 2 amide bonds. The summed E-state index contributed by atoms with van der Waals surface area (Å²) in [6.45, 7) is 1.44. The third kappa shape index (κ3) is 5.07. The van der Waals surface area contributed by atoms with Crippen LogP contribution in [0.3, 0.4) is 0 Å². The molecular weight excluding hydrogens is 392 g/mol. The molecule has 1 aliphatic rings. The number of aromatic nitrogens is 1. The molecule has 158 valence electrons. The van der Waals surface area contributed by atoms with Crippen LogP contribution in [0.15, 0.2) is 72.9 Å². The Hall–Kier alpha value is -3.71. The number of hydrogen-bond acceptors (Lipinski definition) is 5. The van der Waals surface area contributed by atoms with Gasteiger partial charge in [-0.15, -0.1) is 0 Å². The van der Waals surface area contributed by atoms with Gasteiger partial charge in [-0.05, 0) is 61.3 Å². The van der Waals surface area contributed by atoms with E-state index in [2.05, 4.69) is 15.2 Å². The number of likely N-dealkylation sites (tertiary alicyclic amines) is 1. The average molecular weight is 416 g/mol. The van der Waals surface area contributed by atoms with Crippen molar-refractivity contribution in [3.8, 4) is 11.6 Å². The number of nitrogens with one attached hydrogen (secondary N) is 1. The van der Waals surface area contributed by atoms with Crippen LogP contribution in [0.25, 0.3) is 0 Å². The first kappa shape index (κ1) is 20.6. The lowest BCUT2D eigenvalue weighted by Gasteiger charge is -2.22. The van der Waals surface area contributed by atoms with Crippen molar-refractivity contribution in [2.24, 2.45) is 5.73 Å². The number of amides is 2. The molecule has 0 bridgehead atoms. The smallest absolute Gasteiger partial charge is 0.261 e. The van der Waals surface area contributed by atoms with E-state index in [1.165, 1.54) is 0 Å². The first-order valence-electron chi connectivity index (χ1n) is 10.2. The number of nitrogens with zero attached hydrogens (tertiary/aromatic N) is 2. The number of primary amides is 1. The number of para-hydroxylation sites is 1. The van der Waals surface area contributed by atoms with Gasteiger partial charge in [-0.1, -0.05) is 30.3 Å². The number of hydrogen-bond donors (Lipinski definition) is 2. The Kier molecular flexibility index (Phi) is 6.24. The normalized spacial score (nSPS) is 16.1. The minimum atomic E-state index is -0.313. The molecule has 1 unspecified atom stereocenters. The van der Waals surface area contributed by atoms with Crippen LogP contribution in [0.5, 0.6) is 11.6 Å². The number of nitrogens with two attached hydrogens (primary N) is 1. The summed E-state index contributed by atoms with van der Waals surface area (Å²) in [5, 5.41) is 2.91. The highest BCUT2D eigenvalue weighted by Crippen LogP contribution is 2.24. The van der Waals surface area contributed by atoms with E-state index < -0.39 is 0 Å². The van der Waals surface area contributed by atoms with Crippen molar-refractivity contribution in [2.45, 2.75) is 25.4 Å². The van der Waals surface area contributed by atoms with Gasteiger partial charge < -0.3 is 15.8 Å². The Labute approximate surface area is 180 Å². The SMILES string of the molecule is NC(=O)C1CCCN1Cc1cccc(NC(=O)c2cccnc2Oc2ccccc2)c1.